The van der Waals surface area contributed by atoms with Gasteiger partial charge in [-0.25, -0.2) is 0 Å². The van der Waals surface area contributed by atoms with Crippen molar-refractivity contribution in [1.29, 1.82) is 0 Å². The normalized spacial score (nSPS) is 17.4. The second-order valence-electron chi connectivity index (χ2n) is 6.28. The molecule has 8 heteroatoms. The predicted octanol–water partition coefficient (Wildman–Crippen LogP) is 0.934. The number of benzene rings is 1. The van der Waals surface area contributed by atoms with Crippen molar-refractivity contribution in [3.05, 3.63) is 29.3 Å². The Morgan fingerprint density at radius 1 is 1.32 bits per heavy atom. The van der Waals surface area contributed by atoms with E-state index in [0.717, 1.165) is 12.8 Å². The lowest BCUT2D eigenvalue weighted by Crippen LogP contribution is -2.47. The van der Waals surface area contributed by atoms with Crippen molar-refractivity contribution >= 4 is 35.0 Å². The number of amides is 3. The number of anilines is 1. The summed E-state index contributed by atoms with van der Waals surface area (Å²) in [5.41, 5.74) is 5.87. The van der Waals surface area contributed by atoms with Crippen LogP contribution in [-0.4, -0.2) is 60.7 Å². The molecule has 1 fully saturated rings. The topological polar surface area (TPSA) is 95.7 Å². The average Bonchev–Trinajstić information content (AvgIpc) is 2.56. The predicted molar refractivity (Wildman–Crippen MR) is 96.1 cm³/mol. The van der Waals surface area contributed by atoms with Gasteiger partial charge in [-0.05, 0) is 32.0 Å². The van der Waals surface area contributed by atoms with Crippen LogP contribution in [0.3, 0.4) is 0 Å². The molecule has 0 saturated carbocycles. The molecule has 1 aromatic carbocycles. The van der Waals surface area contributed by atoms with Crippen LogP contribution in [0.15, 0.2) is 24.3 Å². The highest BCUT2D eigenvalue weighted by molar-refractivity contribution is 6.33. The Hall–Kier alpha value is -2.12. The standard InChI is InChI=1S/C17H23ClN4O3/c1-21(10-15(23)20-14-7-3-2-6-13(14)18)11-16(24)22-8-4-5-12(9-22)17(19)25/h2-3,6-7,12H,4-5,8-11H2,1H3,(H2,19,25)(H,20,23)/t12-/m0/s1. The van der Waals surface area contributed by atoms with Gasteiger partial charge in [0.15, 0.2) is 0 Å². The fourth-order valence-electron chi connectivity index (χ4n) is 2.82. The van der Waals surface area contributed by atoms with Gasteiger partial charge in [0.05, 0.1) is 29.7 Å². The lowest BCUT2D eigenvalue weighted by molar-refractivity contribution is -0.135. The van der Waals surface area contributed by atoms with E-state index < -0.39 is 0 Å². The molecule has 1 saturated heterocycles. The van der Waals surface area contributed by atoms with E-state index in [1.807, 2.05) is 0 Å². The Labute approximate surface area is 152 Å². The molecule has 136 valence electrons. The SMILES string of the molecule is CN(CC(=O)Nc1ccccc1Cl)CC(=O)N1CCC[C@H](C(N)=O)C1. The van der Waals surface area contributed by atoms with Crippen molar-refractivity contribution in [2.75, 3.05) is 38.5 Å². The summed E-state index contributed by atoms with van der Waals surface area (Å²) in [6.45, 7) is 1.13. The molecular weight excluding hydrogens is 344 g/mol. The van der Waals surface area contributed by atoms with Crippen molar-refractivity contribution in [2.45, 2.75) is 12.8 Å². The van der Waals surface area contributed by atoms with E-state index in [4.69, 9.17) is 17.3 Å². The van der Waals surface area contributed by atoms with Crippen molar-refractivity contribution in [3.8, 4) is 0 Å². The summed E-state index contributed by atoms with van der Waals surface area (Å²) < 4.78 is 0. The van der Waals surface area contributed by atoms with E-state index in [1.54, 1.807) is 41.1 Å². The van der Waals surface area contributed by atoms with Gasteiger partial charge in [-0.15, -0.1) is 0 Å². The number of nitrogens with two attached hydrogens (primary N) is 1. The van der Waals surface area contributed by atoms with Gasteiger partial charge in [0.2, 0.25) is 17.7 Å². The Bertz CT molecular complexity index is 653. The molecule has 2 rings (SSSR count). The molecule has 0 unspecified atom stereocenters. The number of likely N-dealkylation sites (tertiary alicyclic amines) is 1. The van der Waals surface area contributed by atoms with Crippen LogP contribution in [-0.2, 0) is 14.4 Å². The quantitative estimate of drug-likeness (QED) is 0.783. The Balaban J connectivity index is 1.82. The number of hydrogen-bond acceptors (Lipinski definition) is 4. The first-order valence-corrected chi connectivity index (χ1v) is 8.54. The molecule has 0 radical (unpaired) electrons. The van der Waals surface area contributed by atoms with Gasteiger partial charge in [-0.1, -0.05) is 23.7 Å². The molecule has 1 heterocycles. The number of nitrogens with one attached hydrogen (secondary N) is 1. The van der Waals surface area contributed by atoms with Crippen molar-refractivity contribution in [3.63, 3.8) is 0 Å². The number of rotatable bonds is 6. The molecule has 3 amide bonds. The molecule has 7 nitrogen and oxygen atoms in total. The van der Waals surface area contributed by atoms with Gasteiger partial charge >= 0.3 is 0 Å². The number of primary amides is 1. The highest BCUT2D eigenvalue weighted by Crippen LogP contribution is 2.20. The molecule has 0 bridgehead atoms. The number of para-hydroxylation sites is 1. The third-order valence-electron chi connectivity index (χ3n) is 4.14. The largest absolute Gasteiger partial charge is 0.369 e. The summed E-state index contributed by atoms with van der Waals surface area (Å²) in [5, 5.41) is 3.18. The second-order valence-corrected chi connectivity index (χ2v) is 6.69. The number of nitrogens with zero attached hydrogens (tertiary/aromatic N) is 2. The van der Waals surface area contributed by atoms with E-state index in [-0.39, 0.29) is 36.7 Å². The molecule has 1 aliphatic heterocycles. The fraction of sp³-hybridized carbons (Fsp3) is 0.471. The number of halogens is 1. The minimum atomic E-state index is -0.370. The maximum Gasteiger partial charge on any atom is 0.238 e. The van der Waals surface area contributed by atoms with Crippen LogP contribution in [0, 0.1) is 5.92 Å². The summed E-state index contributed by atoms with van der Waals surface area (Å²) >= 11 is 6.00. The van der Waals surface area contributed by atoms with Gasteiger partial charge < -0.3 is 16.0 Å². The van der Waals surface area contributed by atoms with E-state index in [0.29, 0.717) is 23.8 Å². The Morgan fingerprint density at radius 3 is 2.72 bits per heavy atom. The first kappa shape index (κ1) is 19.2. The zero-order chi connectivity index (χ0) is 18.4. The minimum Gasteiger partial charge on any atom is -0.369 e. The van der Waals surface area contributed by atoms with Crippen molar-refractivity contribution in [1.82, 2.24) is 9.80 Å². The van der Waals surface area contributed by atoms with E-state index in [9.17, 15) is 14.4 Å². The third kappa shape index (κ3) is 5.72. The van der Waals surface area contributed by atoms with Gasteiger partial charge in [0.1, 0.15) is 0 Å². The molecule has 1 atom stereocenters. The summed E-state index contributed by atoms with van der Waals surface area (Å²) in [5.74, 6) is -1.02. The highest BCUT2D eigenvalue weighted by Gasteiger charge is 2.27. The van der Waals surface area contributed by atoms with Crippen LogP contribution in [0.5, 0.6) is 0 Å². The summed E-state index contributed by atoms with van der Waals surface area (Å²) in [4.78, 5) is 39.0. The monoisotopic (exact) mass is 366 g/mol. The van der Waals surface area contributed by atoms with Crippen LogP contribution in [0.2, 0.25) is 5.02 Å². The highest BCUT2D eigenvalue weighted by atomic mass is 35.5. The van der Waals surface area contributed by atoms with E-state index >= 15 is 0 Å². The molecule has 0 aliphatic carbocycles. The molecule has 0 spiro atoms. The lowest BCUT2D eigenvalue weighted by Gasteiger charge is -2.32. The minimum absolute atomic E-state index is 0.0596. The van der Waals surface area contributed by atoms with Crippen LogP contribution in [0.25, 0.3) is 0 Å². The van der Waals surface area contributed by atoms with E-state index in [1.165, 1.54) is 0 Å². The van der Waals surface area contributed by atoms with E-state index in [2.05, 4.69) is 5.32 Å². The van der Waals surface area contributed by atoms with Crippen LogP contribution < -0.4 is 11.1 Å². The van der Waals surface area contributed by atoms with Crippen molar-refractivity contribution < 1.29 is 14.4 Å². The third-order valence-corrected chi connectivity index (χ3v) is 4.47. The fourth-order valence-corrected chi connectivity index (χ4v) is 3.00. The van der Waals surface area contributed by atoms with Gasteiger partial charge in [-0.3, -0.25) is 19.3 Å². The molecule has 1 aromatic rings. The number of likely N-dealkylation sites (N-methyl/N-ethyl adjacent to an activating group) is 1. The van der Waals surface area contributed by atoms with Crippen LogP contribution >= 0.6 is 11.6 Å². The van der Waals surface area contributed by atoms with Gasteiger partial charge in [0.25, 0.3) is 0 Å². The molecular formula is C17H23ClN4O3. The molecule has 25 heavy (non-hydrogen) atoms. The van der Waals surface area contributed by atoms with Crippen molar-refractivity contribution in [2.24, 2.45) is 11.7 Å². The summed E-state index contributed by atoms with van der Waals surface area (Å²) in [6.07, 6.45) is 1.48. The maximum absolute atomic E-state index is 12.3. The van der Waals surface area contributed by atoms with Gasteiger partial charge in [0, 0.05) is 13.1 Å². The number of carbonyl (C=O) groups excluding carboxylic acids is 3. The van der Waals surface area contributed by atoms with Crippen LogP contribution in [0.1, 0.15) is 12.8 Å². The van der Waals surface area contributed by atoms with Gasteiger partial charge in [-0.2, -0.15) is 0 Å². The molecule has 3 N–H and O–H groups in total. The number of piperidine rings is 1. The number of carbonyl (C=O) groups is 3. The average molecular weight is 367 g/mol. The zero-order valence-electron chi connectivity index (χ0n) is 14.2. The lowest BCUT2D eigenvalue weighted by atomic mass is 9.97. The molecule has 0 aromatic heterocycles. The first-order valence-electron chi connectivity index (χ1n) is 8.17. The molecule has 1 aliphatic rings. The summed E-state index contributed by atoms with van der Waals surface area (Å²) in [6, 6.07) is 6.96. The zero-order valence-corrected chi connectivity index (χ0v) is 15.0. The van der Waals surface area contributed by atoms with Crippen LogP contribution in [0.4, 0.5) is 5.69 Å². The number of hydrogen-bond donors (Lipinski definition) is 2. The summed E-state index contributed by atoms with van der Waals surface area (Å²) in [7, 11) is 1.69. The second kappa shape index (κ2) is 8.82. The maximum atomic E-state index is 12.3. The Morgan fingerprint density at radius 2 is 2.04 bits per heavy atom. The Kier molecular flexibility index (Phi) is 6.78. The first-order chi connectivity index (χ1) is 11.9. The smallest absolute Gasteiger partial charge is 0.238 e.